The van der Waals surface area contributed by atoms with Gasteiger partial charge in [0.25, 0.3) is 21.5 Å². The number of aromatic hydroxyl groups is 1. The Morgan fingerprint density at radius 1 is 1.17 bits per heavy atom. The summed E-state index contributed by atoms with van der Waals surface area (Å²) in [6.07, 6.45) is 0. The number of benzene rings is 2. The van der Waals surface area contributed by atoms with E-state index >= 15 is 0 Å². The number of rotatable bonds is 3. The molecule has 1 aliphatic heterocycles. The van der Waals surface area contributed by atoms with Gasteiger partial charge < -0.3 is 20.3 Å². The van der Waals surface area contributed by atoms with E-state index in [1.165, 1.54) is 17.7 Å². The molecule has 1 amide bonds. The van der Waals surface area contributed by atoms with Crippen molar-refractivity contribution in [3.8, 4) is 5.75 Å². The van der Waals surface area contributed by atoms with Crippen LogP contribution in [-0.2, 0) is 17.1 Å². The fraction of sp³-hybridized carbons (Fsp3) is 0.105. The van der Waals surface area contributed by atoms with Crippen LogP contribution >= 0.6 is 0 Å². The smallest absolute Gasteiger partial charge is 0.286 e. The first-order chi connectivity index (χ1) is 13.8. The molecule has 10 heteroatoms. The Labute approximate surface area is 165 Å². The number of aryl methyl sites for hydroxylation is 1. The monoisotopic (exact) mass is 412 g/mol. The van der Waals surface area contributed by atoms with Gasteiger partial charge in [-0.15, -0.1) is 4.40 Å². The summed E-state index contributed by atoms with van der Waals surface area (Å²) in [4.78, 5) is 25.2. The highest BCUT2D eigenvalue weighted by molar-refractivity contribution is 7.90. The minimum Gasteiger partial charge on any atom is -0.506 e. The van der Waals surface area contributed by atoms with Gasteiger partial charge in [-0.2, -0.15) is 8.42 Å². The van der Waals surface area contributed by atoms with Crippen LogP contribution < -0.4 is 16.2 Å². The summed E-state index contributed by atoms with van der Waals surface area (Å²) in [5.74, 6) is -1.28. The van der Waals surface area contributed by atoms with Crippen LogP contribution in [0.25, 0.3) is 10.9 Å². The third-order valence-electron chi connectivity index (χ3n) is 4.59. The second-order valence-electron chi connectivity index (χ2n) is 6.42. The Morgan fingerprint density at radius 3 is 2.66 bits per heavy atom. The van der Waals surface area contributed by atoms with Crippen LogP contribution in [0.15, 0.2) is 62.6 Å². The van der Waals surface area contributed by atoms with Gasteiger partial charge in [0.15, 0.2) is 0 Å². The Kier molecular flexibility index (Phi) is 4.35. The van der Waals surface area contributed by atoms with E-state index in [9.17, 15) is 23.1 Å². The number of nitrogens with one attached hydrogen (secondary N) is 2. The maximum Gasteiger partial charge on any atom is 0.286 e. The summed E-state index contributed by atoms with van der Waals surface area (Å²) in [6.45, 7) is -0.276. The number of carbonyl (C=O) groups excluding carboxylic acids is 1. The van der Waals surface area contributed by atoms with Gasteiger partial charge in [0.05, 0.1) is 17.7 Å². The predicted octanol–water partition coefficient (Wildman–Crippen LogP) is 1.19. The van der Waals surface area contributed by atoms with Crippen LogP contribution in [0, 0.1) is 0 Å². The van der Waals surface area contributed by atoms with Crippen molar-refractivity contribution in [2.45, 2.75) is 4.90 Å². The maximum atomic E-state index is 12.6. The summed E-state index contributed by atoms with van der Waals surface area (Å²) in [7, 11) is -2.40. The van der Waals surface area contributed by atoms with Gasteiger partial charge in [0.1, 0.15) is 22.0 Å². The lowest BCUT2D eigenvalue weighted by Crippen LogP contribution is -2.38. The number of nitrogens with zero attached hydrogens (tertiary/aromatic N) is 2. The highest BCUT2D eigenvalue weighted by Crippen LogP contribution is 2.27. The van der Waals surface area contributed by atoms with Gasteiger partial charge >= 0.3 is 0 Å². The van der Waals surface area contributed by atoms with Crippen LogP contribution in [0.4, 0.5) is 5.69 Å². The fourth-order valence-electron chi connectivity index (χ4n) is 3.18. The number of fused-ring (bicyclic) bond motifs is 2. The first-order valence-corrected chi connectivity index (χ1v) is 10.0. The average molecular weight is 412 g/mol. The van der Waals surface area contributed by atoms with Crippen molar-refractivity contribution in [2.24, 2.45) is 11.4 Å². The van der Waals surface area contributed by atoms with Gasteiger partial charge in [0, 0.05) is 12.4 Å². The molecule has 9 nitrogen and oxygen atoms in total. The lowest BCUT2D eigenvalue weighted by atomic mass is 10.1. The molecule has 4 rings (SSSR count). The molecule has 148 valence electrons. The number of amides is 1. The fourth-order valence-corrected chi connectivity index (χ4v) is 4.33. The average Bonchev–Trinajstić information content (AvgIpc) is 2.70. The van der Waals surface area contributed by atoms with Gasteiger partial charge in [-0.1, -0.05) is 24.3 Å². The Morgan fingerprint density at radius 2 is 1.86 bits per heavy atom. The first-order valence-electron chi connectivity index (χ1n) is 8.58. The number of pyridine rings is 1. The lowest BCUT2D eigenvalue weighted by Gasteiger charge is -2.18. The van der Waals surface area contributed by atoms with E-state index in [4.69, 9.17) is 0 Å². The zero-order chi connectivity index (χ0) is 20.8. The number of amidine groups is 1. The largest absolute Gasteiger partial charge is 0.506 e. The van der Waals surface area contributed by atoms with Crippen molar-refractivity contribution < 1.29 is 18.3 Å². The van der Waals surface area contributed by atoms with E-state index in [1.807, 2.05) is 0 Å². The van der Waals surface area contributed by atoms with Crippen LogP contribution in [0.5, 0.6) is 5.75 Å². The quantitative estimate of drug-likeness (QED) is 0.592. The van der Waals surface area contributed by atoms with E-state index in [2.05, 4.69) is 15.0 Å². The standard InChI is InChI=1S/C19H16N4O5S/c1-23-13-8-4-2-6-11(13)17(24)16(19(23)26)18(25)20-10-15-21-12-7-3-5-9-14(12)29(27,28)22-15/h2-9,24H,10H2,1H3,(H,20,25)(H,21,22). The van der Waals surface area contributed by atoms with Gasteiger partial charge in [-0.3, -0.25) is 9.59 Å². The molecule has 2 aromatic carbocycles. The molecule has 0 unspecified atom stereocenters. The molecule has 0 aliphatic carbocycles. The molecule has 2 heterocycles. The van der Waals surface area contributed by atoms with Crippen molar-refractivity contribution in [2.75, 3.05) is 11.9 Å². The lowest BCUT2D eigenvalue weighted by molar-refractivity contribution is 0.0955. The van der Waals surface area contributed by atoms with Gasteiger partial charge in [-0.05, 0) is 24.3 Å². The Hall–Kier alpha value is -3.66. The van der Waals surface area contributed by atoms with Crippen molar-refractivity contribution in [3.05, 3.63) is 64.4 Å². The molecule has 0 radical (unpaired) electrons. The number of hydrogen-bond acceptors (Lipinski definition) is 6. The molecule has 0 atom stereocenters. The van der Waals surface area contributed by atoms with Crippen LogP contribution in [-0.4, -0.2) is 36.4 Å². The van der Waals surface area contributed by atoms with E-state index < -0.39 is 32.8 Å². The number of sulfonamides is 1. The van der Waals surface area contributed by atoms with E-state index in [0.717, 1.165) is 0 Å². The third-order valence-corrected chi connectivity index (χ3v) is 5.97. The van der Waals surface area contributed by atoms with Crippen LogP contribution in [0.3, 0.4) is 0 Å². The first kappa shape index (κ1) is 18.7. The molecular formula is C19H16N4O5S. The number of carbonyl (C=O) groups is 1. The van der Waals surface area contributed by atoms with E-state index in [1.54, 1.807) is 42.5 Å². The highest BCUT2D eigenvalue weighted by Gasteiger charge is 2.26. The Bertz CT molecular complexity index is 1360. The summed E-state index contributed by atoms with van der Waals surface area (Å²) in [6, 6.07) is 12.9. The van der Waals surface area contributed by atoms with Crippen LogP contribution in [0.1, 0.15) is 10.4 Å². The minimum absolute atomic E-state index is 0.00541. The van der Waals surface area contributed by atoms with Gasteiger partial charge in [-0.25, -0.2) is 0 Å². The maximum absolute atomic E-state index is 12.6. The highest BCUT2D eigenvalue weighted by atomic mass is 32.2. The second-order valence-corrected chi connectivity index (χ2v) is 7.99. The number of hydrogen-bond donors (Lipinski definition) is 3. The Balaban J connectivity index is 1.64. The second kappa shape index (κ2) is 6.74. The molecule has 0 spiro atoms. The molecule has 1 aliphatic rings. The summed E-state index contributed by atoms with van der Waals surface area (Å²) in [5.41, 5.74) is -0.273. The van der Waals surface area contributed by atoms with Crippen molar-refractivity contribution >= 4 is 38.4 Å². The molecule has 0 saturated carbocycles. The zero-order valence-electron chi connectivity index (χ0n) is 15.2. The van der Waals surface area contributed by atoms with Crippen molar-refractivity contribution in [3.63, 3.8) is 0 Å². The zero-order valence-corrected chi connectivity index (χ0v) is 16.0. The van der Waals surface area contributed by atoms with E-state index in [-0.39, 0.29) is 17.3 Å². The molecule has 0 bridgehead atoms. The number of para-hydroxylation sites is 2. The minimum atomic E-state index is -3.90. The van der Waals surface area contributed by atoms with Gasteiger partial charge in [0.2, 0.25) is 0 Å². The van der Waals surface area contributed by atoms with Crippen molar-refractivity contribution in [1.82, 2.24) is 9.88 Å². The molecule has 3 N–H and O–H groups in total. The molecule has 0 fully saturated rings. The number of anilines is 1. The summed E-state index contributed by atoms with van der Waals surface area (Å²) < 4.78 is 29.4. The van der Waals surface area contributed by atoms with E-state index in [0.29, 0.717) is 16.6 Å². The normalized spacial score (nSPS) is 14.6. The molecular weight excluding hydrogens is 396 g/mol. The van der Waals surface area contributed by atoms with Crippen molar-refractivity contribution in [1.29, 1.82) is 0 Å². The number of aromatic nitrogens is 1. The molecule has 29 heavy (non-hydrogen) atoms. The molecule has 0 saturated heterocycles. The predicted molar refractivity (Wildman–Crippen MR) is 108 cm³/mol. The SMILES string of the molecule is Cn1c(=O)c(C(=O)NCC2=NS(=O)(=O)c3ccccc3N2)c(O)c2ccccc21. The summed E-state index contributed by atoms with van der Waals surface area (Å²) in [5, 5.41) is 16.1. The topological polar surface area (TPSA) is 130 Å². The molecule has 3 aromatic rings. The van der Waals surface area contributed by atoms with Crippen LogP contribution in [0.2, 0.25) is 0 Å². The summed E-state index contributed by atoms with van der Waals surface area (Å²) >= 11 is 0. The molecule has 1 aromatic heterocycles. The third kappa shape index (κ3) is 3.13.